The summed E-state index contributed by atoms with van der Waals surface area (Å²) in [4.78, 5) is 0. The van der Waals surface area contributed by atoms with Crippen molar-refractivity contribution in [3.05, 3.63) is 58.6 Å². The van der Waals surface area contributed by atoms with Gasteiger partial charge in [-0.15, -0.1) is 0 Å². The van der Waals surface area contributed by atoms with E-state index in [1.807, 2.05) is 0 Å². The van der Waals surface area contributed by atoms with Gasteiger partial charge in [0.2, 0.25) is 11.5 Å². The van der Waals surface area contributed by atoms with E-state index in [9.17, 15) is 4.57 Å². The lowest BCUT2D eigenvalue weighted by atomic mass is 10.3. The number of halogens is 2. The highest BCUT2D eigenvalue weighted by Crippen LogP contribution is 2.36. The Morgan fingerprint density at radius 3 is 1.56 bits per heavy atom. The Hall–Kier alpha value is -1.28. The lowest BCUT2D eigenvalue weighted by Crippen LogP contribution is -1.89. The minimum absolute atomic E-state index is 0.298. The molecule has 2 aromatic rings. The van der Waals surface area contributed by atoms with Crippen molar-refractivity contribution < 1.29 is 13.6 Å². The van der Waals surface area contributed by atoms with E-state index >= 15 is 0 Å². The van der Waals surface area contributed by atoms with Crippen molar-refractivity contribution in [1.82, 2.24) is 0 Å². The van der Waals surface area contributed by atoms with Gasteiger partial charge in [-0.2, -0.15) is 0 Å². The second kappa shape index (κ2) is 6.05. The molecule has 0 spiro atoms. The summed E-state index contributed by atoms with van der Waals surface area (Å²) in [5.74, 6) is 0.597. The summed E-state index contributed by atoms with van der Waals surface area (Å²) in [6.45, 7) is 0. The fraction of sp³-hybridized carbons (Fsp3) is 0. The predicted molar refractivity (Wildman–Crippen MR) is 71.8 cm³/mol. The second-order valence-electron chi connectivity index (χ2n) is 3.27. The van der Waals surface area contributed by atoms with Crippen LogP contribution in [0.1, 0.15) is 0 Å². The van der Waals surface area contributed by atoms with Gasteiger partial charge in [0.05, 0.1) is 10.0 Å². The molecule has 0 radical (unpaired) electrons. The van der Waals surface area contributed by atoms with Crippen molar-refractivity contribution >= 4 is 31.5 Å². The molecule has 3 nitrogen and oxygen atoms in total. The van der Waals surface area contributed by atoms with Crippen molar-refractivity contribution in [2.24, 2.45) is 0 Å². The minimum Gasteiger partial charge on any atom is -0.221 e. The van der Waals surface area contributed by atoms with Crippen LogP contribution in [0, 0.1) is 0 Å². The van der Waals surface area contributed by atoms with E-state index in [1.165, 1.54) is 0 Å². The zero-order valence-corrected chi connectivity index (χ0v) is 11.5. The van der Waals surface area contributed by atoms with Gasteiger partial charge in [0, 0.05) is 4.57 Å². The first kappa shape index (κ1) is 13.2. The van der Waals surface area contributed by atoms with E-state index in [4.69, 9.17) is 32.2 Å². The maximum absolute atomic E-state index is 11.7. The Bertz CT molecular complexity index is 525. The number of hydrogen-bond acceptors (Lipinski definition) is 3. The van der Waals surface area contributed by atoms with Gasteiger partial charge in [0.15, 0.2) is 0 Å². The molecular formula is C12H8Cl2O3P+. The lowest BCUT2D eigenvalue weighted by molar-refractivity contribution is 0.416. The maximum Gasteiger partial charge on any atom is 0.805 e. The number of benzene rings is 2. The maximum atomic E-state index is 11.7. The minimum atomic E-state index is -2.38. The Morgan fingerprint density at radius 1 is 0.778 bits per heavy atom. The number of para-hydroxylation sites is 2. The Morgan fingerprint density at radius 2 is 1.17 bits per heavy atom. The zero-order chi connectivity index (χ0) is 13.0. The van der Waals surface area contributed by atoms with Crippen molar-refractivity contribution in [1.29, 1.82) is 0 Å². The van der Waals surface area contributed by atoms with Gasteiger partial charge in [-0.05, 0) is 24.3 Å². The van der Waals surface area contributed by atoms with E-state index in [-0.39, 0.29) is 0 Å². The van der Waals surface area contributed by atoms with E-state index in [0.717, 1.165) is 0 Å². The molecule has 0 unspecified atom stereocenters. The molecule has 0 saturated heterocycles. The van der Waals surface area contributed by atoms with E-state index in [0.29, 0.717) is 21.5 Å². The first-order valence-electron chi connectivity index (χ1n) is 4.99. The van der Waals surface area contributed by atoms with Crippen LogP contribution in [0.2, 0.25) is 10.0 Å². The second-order valence-corrected chi connectivity index (χ2v) is 4.89. The smallest absolute Gasteiger partial charge is 0.221 e. The average Bonchev–Trinajstić information content (AvgIpc) is 2.35. The highest BCUT2D eigenvalue weighted by atomic mass is 35.5. The predicted octanol–water partition coefficient (Wildman–Crippen LogP) is 5.11. The van der Waals surface area contributed by atoms with Crippen LogP contribution in [0.4, 0.5) is 0 Å². The topological polar surface area (TPSA) is 35.5 Å². The largest absolute Gasteiger partial charge is 0.805 e. The fourth-order valence-corrected chi connectivity index (χ4v) is 2.35. The van der Waals surface area contributed by atoms with Crippen LogP contribution >= 0.6 is 31.5 Å². The highest BCUT2D eigenvalue weighted by molar-refractivity contribution is 7.34. The van der Waals surface area contributed by atoms with Crippen LogP contribution in [0.3, 0.4) is 0 Å². The van der Waals surface area contributed by atoms with Gasteiger partial charge in [-0.1, -0.05) is 47.5 Å². The first-order valence-corrected chi connectivity index (χ1v) is 6.84. The van der Waals surface area contributed by atoms with Crippen LogP contribution in [0.15, 0.2) is 48.5 Å². The summed E-state index contributed by atoms with van der Waals surface area (Å²) in [6.07, 6.45) is 0. The number of rotatable bonds is 4. The molecule has 0 N–H and O–H groups in total. The van der Waals surface area contributed by atoms with Crippen molar-refractivity contribution in [2.75, 3.05) is 0 Å². The first-order chi connectivity index (χ1) is 8.66. The molecule has 0 atom stereocenters. The van der Waals surface area contributed by atoms with Gasteiger partial charge in [0.1, 0.15) is 0 Å². The van der Waals surface area contributed by atoms with Crippen LogP contribution in [-0.4, -0.2) is 0 Å². The summed E-state index contributed by atoms with van der Waals surface area (Å²) in [5.41, 5.74) is 0. The molecule has 2 rings (SSSR count). The van der Waals surface area contributed by atoms with E-state index in [1.54, 1.807) is 48.5 Å². The van der Waals surface area contributed by atoms with Crippen LogP contribution in [-0.2, 0) is 4.57 Å². The zero-order valence-electron chi connectivity index (χ0n) is 9.05. The molecule has 0 aliphatic heterocycles. The average molecular weight is 302 g/mol. The van der Waals surface area contributed by atoms with Gasteiger partial charge in [-0.3, -0.25) is 0 Å². The Labute approximate surface area is 115 Å². The van der Waals surface area contributed by atoms with Gasteiger partial charge < -0.3 is 0 Å². The lowest BCUT2D eigenvalue weighted by Gasteiger charge is -1.97. The summed E-state index contributed by atoms with van der Waals surface area (Å²) in [5, 5.41) is 0.729. The molecular weight excluding hydrogens is 294 g/mol. The van der Waals surface area contributed by atoms with Crippen LogP contribution in [0.25, 0.3) is 0 Å². The Balaban J connectivity index is 2.06. The molecule has 6 heteroatoms. The summed E-state index contributed by atoms with van der Waals surface area (Å²) in [6, 6.07) is 13.4. The third-order valence-corrected chi connectivity index (χ3v) is 3.34. The summed E-state index contributed by atoms with van der Waals surface area (Å²) in [7, 11) is -2.38. The Kier molecular flexibility index (Phi) is 4.43. The summed E-state index contributed by atoms with van der Waals surface area (Å²) < 4.78 is 21.9. The SMILES string of the molecule is O=[P+](Oc1ccccc1Cl)Oc1ccccc1Cl. The molecule has 0 bridgehead atoms. The third kappa shape index (κ3) is 3.36. The molecule has 0 heterocycles. The van der Waals surface area contributed by atoms with E-state index < -0.39 is 8.25 Å². The van der Waals surface area contributed by atoms with E-state index in [2.05, 4.69) is 0 Å². The molecule has 0 fully saturated rings. The third-order valence-electron chi connectivity index (χ3n) is 2.02. The highest BCUT2D eigenvalue weighted by Gasteiger charge is 2.26. The number of hydrogen-bond donors (Lipinski definition) is 0. The molecule has 0 saturated carbocycles. The van der Waals surface area contributed by atoms with Crippen molar-refractivity contribution in [3.63, 3.8) is 0 Å². The molecule has 0 aliphatic rings. The van der Waals surface area contributed by atoms with Gasteiger partial charge >= 0.3 is 8.25 Å². The molecule has 0 aromatic heterocycles. The fourth-order valence-electron chi connectivity index (χ4n) is 1.22. The van der Waals surface area contributed by atoms with Gasteiger partial charge in [0.25, 0.3) is 0 Å². The normalized spacial score (nSPS) is 9.89. The van der Waals surface area contributed by atoms with Crippen LogP contribution < -0.4 is 9.05 Å². The molecule has 2 aromatic carbocycles. The van der Waals surface area contributed by atoms with Crippen LogP contribution in [0.5, 0.6) is 11.5 Å². The van der Waals surface area contributed by atoms with Crippen molar-refractivity contribution in [3.8, 4) is 11.5 Å². The van der Waals surface area contributed by atoms with Gasteiger partial charge in [-0.25, -0.2) is 9.05 Å². The monoisotopic (exact) mass is 301 g/mol. The quantitative estimate of drug-likeness (QED) is 0.736. The summed E-state index contributed by atoms with van der Waals surface area (Å²) >= 11 is 11.7. The molecule has 92 valence electrons. The molecule has 0 aliphatic carbocycles. The molecule has 18 heavy (non-hydrogen) atoms. The van der Waals surface area contributed by atoms with Crippen molar-refractivity contribution in [2.45, 2.75) is 0 Å². The standard InChI is InChI=1S/C12H8Cl2O3P/c13-9-5-1-3-7-11(9)16-18(15)17-12-8-4-2-6-10(12)14/h1-8H/q+1. The molecule has 0 amide bonds.